The molecule has 0 aromatic heterocycles. The van der Waals surface area contributed by atoms with E-state index in [1.165, 1.54) is 37.1 Å². The summed E-state index contributed by atoms with van der Waals surface area (Å²) in [5.74, 6) is 0.696. The van der Waals surface area contributed by atoms with Crippen LogP contribution in [0.3, 0.4) is 0 Å². The molecule has 0 radical (unpaired) electrons. The first-order valence-electron chi connectivity index (χ1n) is 6.35. The zero-order chi connectivity index (χ0) is 11.1. The van der Waals surface area contributed by atoms with Crippen molar-refractivity contribution in [2.24, 2.45) is 11.7 Å². The number of rotatable bonds is 1. The molecule has 0 aliphatic carbocycles. The highest BCUT2D eigenvalue weighted by Crippen LogP contribution is 2.39. The summed E-state index contributed by atoms with van der Waals surface area (Å²) in [7, 11) is 0. The second-order valence-electron chi connectivity index (χ2n) is 5.27. The second-order valence-corrected chi connectivity index (χ2v) is 5.27. The number of nitrogens with zero attached hydrogens (tertiary/aromatic N) is 1. The summed E-state index contributed by atoms with van der Waals surface area (Å²) in [6.45, 7) is 4.23. The van der Waals surface area contributed by atoms with E-state index in [0.29, 0.717) is 5.92 Å². The highest BCUT2D eigenvalue weighted by atomic mass is 15.2. The van der Waals surface area contributed by atoms with Crippen LogP contribution in [-0.4, -0.2) is 19.1 Å². The van der Waals surface area contributed by atoms with Gasteiger partial charge in [-0.15, -0.1) is 0 Å². The van der Waals surface area contributed by atoms with Crippen molar-refractivity contribution in [1.82, 2.24) is 0 Å². The van der Waals surface area contributed by atoms with Gasteiger partial charge in [0.2, 0.25) is 0 Å². The Bertz CT molecular complexity index is 400. The average Bonchev–Trinajstić information content (AvgIpc) is 2.67. The lowest BCUT2D eigenvalue weighted by Gasteiger charge is -2.37. The van der Waals surface area contributed by atoms with Crippen molar-refractivity contribution >= 4 is 5.69 Å². The highest BCUT2D eigenvalue weighted by Gasteiger charge is 2.34. The highest BCUT2D eigenvalue weighted by molar-refractivity contribution is 5.64. The molecule has 1 saturated heterocycles. The van der Waals surface area contributed by atoms with Crippen molar-refractivity contribution in [3.05, 3.63) is 29.3 Å². The van der Waals surface area contributed by atoms with E-state index in [0.717, 1.165) is 12.6 Å². The van der Waals surface area contributed by atoms with Gasteiger partial charge < -0.3 is 10.6 Å². The maximum atomic E-state index is 5.82. The molecule has 2 heteroatoms. The quantitative estimate of drug-likeness (QED) is 0.779. The summed E-state index contributed by atoms with van der Waals surface area (Å²) in [5, 5.41) is 0. The van der Waals surface area contributed by atoms with E-state index in [1.807, 2.05) is 0 Å². The summed E-state index contributed by atoms with van der Waals surface area (Å²) in [6, 6.07) is 7.46. The molecule has 0 amide bonds. The molecule has 3 rings (SSSR count). The number of piperidine rings is 1. The van der Waals surface area contributed by atoms with Crippen molar-refractivity contribution in [2.75, 3.05) is 18.0 Å². The van der Waals surface area contributed by atoms with Crippen LogP contribution in [-0.2, 0) is 6.42 Å². The Labute approximate surface area is 97.4 Å². The Hall–Kier alpha value is -1.02. The first-order chi connectivity index (χ1) is 7.79. The minimum Gasteiger partial charge on any atom is -0.367 e. The molecule has 16 heavy (non-hydrogen) atoms. The van der Waals surface area contributed by atoms with E-state index >= 15 is 0 Å². The Morgan fingerprint density at radius 1 is 1.38 bits per heavy atom. The molecule has 0 saturated carbocycles. The number of benzene rings is 1. The van der Waals surface area contributed by atoms with Crippen LogP contribution in [0, 0.1) is 12.8 Å². The minimum atomic E-state index is 0.696. The van der Waals surface area contributed by atoms with Crippen LogP contribution >= 0.6 is 0 Å². The van der Waals surface area contributed by atoms with E-state index in [9.17, 15) is 0 Å². The Balaban J connectivity index is 1.95. The van der Waals surface area contributed by atoms with Gasteiger partial charge >= 0.3 is 0 Å². The molecule has 0 bridgehead atoms. The zero-order valence-electron chi connectivity index (χ0n) is 9.95. The van der Waals surface area contributed by atoms with Gasteiger partial charge in [0.1, 0.15) is 0 Å². The Morgan fingerprint density at radius 2 is 2.25 bits per heavy atom. The first-order valence-corrected chi connectivity index (χ1v) is 6.35. The number of para-hydroxylation sites is 1. The van der Waals surface area contributed by atoms with Crippen LogP contribution in [0.5, 0.6) is 0 Å². The summed E-state index contributed by atoms with van der Waals surface area (Å²) in [4.78, 5) is 2.62. The van der Waals surface area contributed by atoms with Gasteiger partial charge in [-0.2, -0.15) is 0 Å². The molecule has 1 fully saturated rings. The lowest BCUT2D eigenvalue weighted by molar-refractivity contribution is 0.371. The average molecular weight is 216 g/mol. The van der Waals surface area contributed by atoms with Crippen molar-refractivity contribution in [2.45, 2.75) is 32.2 Å². The van der Waals surface area contributed by atoms with Crippen LogP contribution in [0.4, 0.5) is 5.69 Å². The fourth-order valence-corrected chi connectivity index (χ4v) is 3.33. The summed E-state index contributed by atoms with van der Waals surface area (Å²) < 4.78 is 0. The molecule has 86 valence electrons. The standard InChI is InChI=1S/C14H20N2/c1-10-3-2-4-12-7-13-6-5-11(8-15)9-16(13)14(10)12/h2-4,11,13H,5-9,15H2,1H3. The van der Waals surface area contributed by atoms with Crippen molar-refractivity contribution in [3.63, 3.8) is 0 Å². The molecule has 2 nitrogen and oxygen atoms in total. The maximum absolute atomic E-state index is 5.82. The van der Waals surface area contributed by atoms with Gasteiger partial charge in [-0.25, -0.2) is 0 Å². The SMILES string of the molecule is Cc1cccc2c1N1CC(CN)CCC1C2. The number of hydrogen-bond acceptors (Lipinski definition) is 2. The fourth-order valence-electron chi connectivity index (χ4n) is 3.33. The molecule has 2 aliphatic rings. The number of anilines is 1. The maximum Gasteiger partial charge on any atom is 0.0431 e. The number of fused-ring (bicyclic) bond motifs is 3. The predicted octanol–water partition coefficient (Wildman–Crippen LogP) is 2.09. The van der Waals surface area contributed by atoms with Gasteiger partial charge in [0.05, 0.1) is 0 Å². The van der Waals surface area contributed by atoms with E-state index in [-0.39, 0.29) is 0 Å². The third-order valence-corrected chi connectivity index (χ3v) is 4.20. The molecule has 1 aromatic carbocycles. The van der Waals surface area contributed by atoms with Gasteiger partial charge in [-0.1, -0.05) is 18.2 Å². The molecule has 2 N–H and O–H groups in total. The molecular weight excluding hydrogens is 196 g/mol. The smallest absolute Gasteiger partial charge is 0.0431 e. The first kappa shape index (κ1) is 10.2. The molecule has 0 spiro atoms. The van der Waals surface area contributed by atoms with Crippen molar-refractivity contribution in [3.8, 4) is 0 Å². The van der Waals surface area contributed by atoms with E-state index in [4.69, 9.17) is 5.73 Å². The minimum absolute atomic E-state index is 0.696. The van der Waals surface area contributed by atoms with Crippen molar-refractivity contribution < 1.29 is 0 Å². The number of hydrogen-bond donors (Lipinski definition) is 1. The monoisotopic (exact) mass is 216 g/mol. The van der Waals surface area contributed by atoms with Gasteiger partial charge in [0, 0.05) is 18.3 Å². The molecule has 2 heterocycles. The lowest BCUT2D eigenvalue weighted by Crippen LogP contribution is -2.43. The predicted molar refractivity (Wildman–Crippen MR) is 67.8 cm³/mol. The third-order valence-electron chi connectivity index (χ3n) is 4.20. The summed E-state index contributed by atoms with van der Waals surface area (Å²) >= 11 is 0. The van der Waals surface area contributed by atoms with Crippen LogP contribution in [0.1, 0.15) is 24.0 Å². The Kier molecular flexibility index (Phi) is 2.40. The summed E-state index contributed by atoms with van der Waals surface area (Å²) in [6.07, 6.45) is 3.87. The molecule has 2 aliphatic heterocycles. The number of nitrogens with two attached hydrogens (primary N) is 1. The van der Waals surface area contributed by atoms with Crippen molar-refractivity contribution in [1.29, 1.82) is 0 Å². The summed E-state index contributed by atoms with van der Waals surface area (Å²) in [5.41, 5.74) is 10.3. The van der Waals surface area contributed by atoms with Crippen LogP contribution in [0.15, 0.2) is 18.2 Å². The van der Waals surface area contributed by atoms with Gasteiger partial charge in [0.15, 0.2) is 0 Å². The van der Waals surface area contributed by atoms with Crippen LogP contribution < -0.4 is 10.6 Å². The van der Waals surface area contributed by atoms with E-state index < -0.39 is 0 Å². The largest absolute Gasteiger partial charge is 0.367 e. The van der Waals surface area contributed by atoms with Crippen LogP contribution in [0.2, 0.25) is 0 Å². The third kappa shape index (κ3) is 1.44. The normalized spacial score (nSPS) is 27.8. The molecule has 2 atom stereocenters. The number of aryl methyl sites for hydroxylation is 1. The lowest BCUT2D eigenvalue weighted by atomic mass is 9.93. The van der Waals surface area contributed by atoms with Gasteiger partial charge in [0.25, 0.3) is 0 Å². The van der Waals surface area contributed by atoms with E-state index in [2.05, 4.69) is 30.0 Å². The van der Waals surface area contributed by atoms with E-state index in [1.54, 1.807) is 5.56 Å². The second kappa shape index (κ2) is 3.77. The topological polar surface area (TPSA) is 29.3 Å². The van der Waals surface area contributed by atoms with Crippen LogP contribution in [0.25, 0.3) is 0 Å². The molecular formula is C14H20N2. The van der Waals surface area contributed by atoms with Gasteiger partial charge in [-0.05, 0) is 49.8 Å². The fraction of sp³-hybridized carbons (Fsp3) is 0.571. The zero-order valence-corrected chi connectivity index (χ0v) is 9.95. The molecule has 2 unspecified atom stereocenters. The molecule has 1 aromatic rings. The Morgan fingerprint density at radius 3 is 3.06 bits per heavy atom. The van der Waals surface area contributed by atoms with Gasteiger partial charge in [-0.3, -0.25) is 0 Å².